The third kappa shape index (κ3) is 1.78. The summed E-state index contributed by atoms with van der Waals surface area (Å²) in [4.78, 5) is 5.06. The molecule has 0 aliphatic heterocycles. The van der Waals surface area contributed by atoms with Gasteiger partial charge in [0, 0.05) is 16.2 Å². The first-order valence-corrected chi connectivity index (χ1v) is 5.88. The molecule has 0 aliphatic carbocycles. The lowest BCUT2D eigenvalue weighted by atomic mass is 10.2. The highest BCUT2D eigenvalue weighted by Gasteiger charge is 2.09. The summed E-state index contributed by atoms with van der Waals surface area (Å²) in [6, 6.07) is 3.79. The molecule has 72 valence electrons. The molecule has 0 saturated carbocycles. The van der Waals surface area contributed by atoms with Gasteiger partial charge in [0.25, 0.3) is 0 Å². The van der Waals surface area contributed by atoms with Gasteiger partial charge in [0.1, 0.15) is 5.82 Å². The zero-order valence-corrected chi connectivity index (χ0v) is 10.2. The molecule has 2 aromatic rings. The second-order valence-electron chi connectivity index (χ2n) is 2.68. The van der Waals surface area contributed by atoms with Crippen molar-refractivity contribution in [3.63, 3.8) is 0 Å². The molecule has 0 unspecified atom stereocenters. The maximum absolute atomic E-state index is 5.86. The van der Waals surface area contributed by atoms with Crippen LogP contribution in [0.4, 0.5) is 5.82 Å². The number of hydrogen-bond donors (Lipinski definition) is 1. The molecule has 0 spiro atoms. The topological polar surface area (TPSA) is 38.9 Å². The first-order chi connectivity index (χ1) is 6.68. The van der Waals surface area contributed by atoms with Gasteiger partial charge in [0.2, 0.25) is 0 Å². The predicted molar refractivity (Wildman–Crippen MR) is 64.7 cm³/mol. The highest BCUT2D eigenvalue weighted by Crippen LogP contribution is 2.36. The fourth-order valence-electron chi connectivity index (χ4n) is 1.12. The monoisotopic (exact) mass is 288 g/mol. The zero-order chi connectivity index (χ0) is 10.1. The lowest BCUT2D eigenvalue weighted by Crippen LogP contribution is -1.92. The van der Waals surface area contributed by atoms with Crippen LogP contribution in [0.2, 0.25) is 5.02 Å². The zero-order valence-electron chi connectivity index (χ0n) is 7.00. The van der Waals surface area contributed by atoms with Gasteiger partial charge in [-0.05, 0) is 33.4 Å². The Morgan fingerprint density at radius 3 is 2.93 bits per heavy atom. The van der Waals surface area contributed by atoms with E-state index in [1.807, 2.05) is 17.5 Å². The second kappa shape index (κ2) is 3.88. The van der Waals surface area contributed by atoms with Crippen molar-refractivity contribution in [1.82, 2.24) is 4.98 Å². The average Bonchev–Trinajstić information content (AvgIpc) is 2.56. The van der Waals surface area contributed by atoms with Crippen LogP contribution in [-0.2, 0) is 0 Å². The van der Waals surface area contributed by atoms with Gasteiger partial charge in [-0.2, -0.15) is 0 Å². The van der Waals surface area contributed by atoms with Gasteiger partial charge in [-0.15, -0.1) is 11.3 Å². The Morgan fingerprint density at radius 2 is 2.29 bits per heavy atom. The second-order valence-corrected chi connectivity index (χ2v) is 4.89. The number of anilines is 1. The van der Waals surface area contributed by atoms with Gasteiger partial charge in [-0.3, -0.25) is 0 Å². The van der Waals surface area contributed by atoms with Crippen molar-refractivity contribution >= 4 is 44.7 Å². The summed E-state index contributed by atoms with van der Waals surface area (Å²) in [5, 5.41) is 2.58. The molecule has 2 aromatic heterocycles. The van der Waals surface area contributed by atoms with Crippen molar-refractivity contribution in [2.75, 3.05) is 5.73 Å². The van der Waals surface area contributed by atoms with E-state index in [-0.39, 0.29) is 0 Å². The van der Waals surface area contributed by atoms with Crippen molar-refractivity contribution in [3.05, 3.63) is 33.2 Å². The molecule has 2 rings (SSSR count). The van der Waals surface area contributed by atoms with E-state index in [1.165, 1.54) is 0 Å². The summed E-state index contributed by atoms with van der Waals surface area (Å²) in [7, 11) is 0. The number of nitrogens with two attached hydrogens (primary N) is 1. The Hall–Kier alpha value is -0.580. The summed E-state index contributed by atoms with van der Waals surface area (Å²) < 4.78 is 1.01. The molecule has 2 nitrogen and oxygen atoms in total. The average molecular weight is 290 g/mol. The quantitative estimate of drug-likeness (QED) is 0.867. The largest absolute Gasteiger partial charge is 0.383 e. The minimum Gasteiger partial charge on any atom is -0.383 e. The van der Waals surface area contributed by atoms with E-state index in [0.717, 1.165) is 14.9 Å². The molecule has 2 heterocycles. The predicted octanol–water partition coefficient (Wildman–Crippen LogP) is 3.81. The summed E-state index contributed by atoms with van der Waals surface area (Å²) >= 11 is 10.9. The number of rotatable bonds is 1. The Morgan fingerprint density at radius 1 is 1.50 bits per heavy atom. The molecule has 0 fully saturated rings. The van der Waals surface area contributed by atoms with Crippen molar-refractivity contribution in [2.24, 2.45) is 0 Å². The number of thiophene rings is 1. The summed E-state index contributed by atoms with van der Waals surface area (Å²) in [6.07, 6.45) is 1.54. The van der Waals surface area contributed by atoms with Gasteiger partial charge in [0.15, 0.2) is 0 Å². The van der Waals surface area contributed by atoms with Crippen LogP contribution in [0.25, 0.3) is 10.4 Å². The van der Waals surface area contributed by atoms with E-state index in [4.69, 9.17) is 17.3 Å². The van der Waals surface area contributed by atoms with Crippen molar-refractivity contribution in [2.45, 2.75) is 0 Å². The lowest BCUT2D eigenvalue weighted by Gasteiger charge is -2.03. The number of aromatic nitrogens is 1. The molecule has 0 bridgehead atoms. The summed E-state index contributed by atoms with van der Waals surface area (Å²) in [6.45, 7) is 0. The summed E-state index contributed by atoms with van der Waals surface area (Å²) in [5.41, 5.74) is 6.64. The Balaban J connectivity index is 2.62. The van der Waals surface area contributed by atoms with Crippen LogP contribution < -0.4 is 5.73 Å². The molecule has 0 amide bonds. The Bertz CT molecular complexity index is 470. The molecular weight excluding hydrogens is 284 g/mol. The number of pyridine rings is 1. The Kier molecular flexibility index (Phi) is 2.76. The van der Waals surface area contributed by atoms with Crippen molar-refractivity contribution in [1.29, 1.82) is 0 Å². The van der Waals surface area contributed by atoms with E-state index in [2.05, 4.69) is 20.9 Å². The number of nitrogens with zero attached hydrogens (tertiary/aromatic N) is 1. The number of hydrogen-bond acceptors (Lipinski definition) is 3. The maximum Gasteiger partial charge on any atom is 0.132 e. The molecule has 14 heavy (non-hydrogen) atoms. The van der Waals surface area contributed by atoms with Gasteiger partial charge in [-0.25, -0.2) is 4.98 Å². The van der Waals surface area contributed by atoms with E-state index < -0.39 is 0 Å². The van der Waals surface area contributed by atoms with Crippen LogP contribution in [0.5, 0.6) is 0 Å². The molecule has 0 aliphatic rings. The third-order valence-corrected chi connectivity index (χ3v) is 3.82. The number of nitrogen functional groups attached to an aromatic ring is 1. The van der Waals surface area contributed by atoms with E-state index in [1.54, 1.807) is 17.5 Å². The highest BCUT2D eigenvalue weighted by molar-refractivity contribution is 9.10. The van der Waals surface area contributed by atoms with E-state index in [9.17, 15) is 0 Å². The van der Waals surface area contributed by atoms with Crippen molar-refractivity contribution < 1.29 is 0 Å². The van der Waals surface area contributed by atoms with Crippen LogP contribution in [-0.4, -0.2) is 4.98 Å². The first kappa shape index (κ1) is 9.96. The molecule has 0 saturated heterocycles. The van der Waals surface area contributed by atoms with Crippen LogP contribution in [0.3, 0.4) is 0 Å². The smallest absolute Gasteiger partial charge is 0.132 e. The maximum atomic E-state index is 5.86. The Labute approximate surface area is 98.9 Å². The molecular formula is C9H6BrClN2S. The van der Waals surface area contributed by atoms with Crippen LogP contribution in [0.15, 0.2) is 28.2 Å². The van der Waals surface area contributed by atoms with Crippen LogP contribution in [0, 0.1) is 0 Å². The van der Waals surface area contributed by atoms with Crippen LogP contribution in [0.1, 0.15) is 0 Å². The van der Waals surface area contributed by atoms with Gasteiger partial charge in [-0.1, -0.05) is 11.6 Å². The molecule has 5 heteroatoms. The van der Waals surface area contributed by atoms with Gasteiger partial charge < -0.3 is 5.73 Å². The van der Waals surface area contributed by atoms with Gasteiger partial charge in [0.05, 0.1) is 9.90 Å². The molecule has 0 aromatic carbocycles. The first-order valence-electron chi connectivity index (χ1n) is 3.83. The minimum atomic E-state index is 0.498. The number of halogens is 2. The lowest BCUT2D eigenvalue weighted by molar-refractivity contribution is 1.34. The molecule has 0 radical (unpaired) electrons. The van der Waals surface area contributed by atoms with E-state index >= 15 is 0 Å². The normalized spacial score (nSPS) is 10.4. The summed E-state index contributed by atoms with van der Waals surface area (Å²) in [5.74, 6) is 0.498. The van der Waals surface area contributed by atoms with Gasteiger partial charge >= 0.3 is 0 Å². The van der Waals surface area contributed by atoms with E-state index in [0.29, 0.717) is 10.8 Å². The van der Waals surface area contributed by atoms with Crippen molar-refractivity contribution in [3.8, 4) is 10.4 Å². The minimum absolute atomic E-state index is 0.498. The molecule has 2 N–H and O–H groups in total. The SMILES string of the molecule is Nc1ncc(Cl)cc1-c1sccc1Br. The fraction of sp³-hybridized carbons (Fsp3) is 0. The molecule has 0 atom stereocenters. The third-order valence-electron chi connectivity index (χ3n) is 1.75. The standard InChI is InChI=1S/C9H6BrClN2S/c10-7-1-2-14-8(7)6-3-5(11)4-13-9(6)12/h1-4H,(H2,12,13). The van der Waals surface area contributed by atoms with Crippen LogP contribution >= 0.6 is 38.9 Å². The fourth-order valence-corrected chi connectivity index (χ4v) is 2.89. The highest BCUT2D eigenvalue weighted by atomic mass is 79.9.